The fourth-order valence-electron chi connectivity index (χ4n) is 1.47. The zero-order chi connectivity index (χ0) is 13.0. The van der Waals surface area contributed by atoms with Crippen LogP contribution in [0, 0.1) is 11.6 Å². The molecule has 0 saturated carbocycles. The molecule has 1 aromatic carbocycles. The van der Waals surface area contributed by atoms with Crippen molar-refractivity contribution in [3.8, 4) is 5.75 Å². The van der Waals surface area contributed by atoms with Gasteiger partial charge in [-0.25, -0.2) is 4.39 Å². The Morgan fingerprint density at radius 2 is 1.78 bits per heavy atom. The summed E-state index contributed by atoms with van der Waals surface area (Å²) in [6.45, 7) is 0.385. The van der Waals surface area contributed by atoms with Crippen molar-refractivity contribution in [2.45, 2.75) is 13.2 Å². The molecule has 5 heteroatoms. The van der Waals surface area contributed by atoms with Gasteiger partial charge in [0.25, 0.3) is 0 Å². The molecule has 3 nitrogen and oxygen atoms in total. The molecule has 0 fully saturated rings. The van der Waals surface area contributed by atoms with E-state index in [-0.39, 0.29) is 12.4 Å². The molecule has 2 N–H and O–H groups in total. The summed E-state index contributed by atoms with van der Waals surface area (Å²) in [5, 5.41) is 0. The highest BCUT2D eigenvalue weighted by Crippen LogP contribution is 2.20. The summed E-state index contributed by atoms with van der Waals surface area (Å²) in [7, 11) is 0. The van der Waals surface area contributed by atoms with Crippen molar-refractivity contribution in [3.05, 3.63) is 59.4 Å². The molecular weight excluding hydrogens is 238 g/mol. The molecule has 0 spiro atoms. The molecule has 0 aliphatic rings. The molecule has 0 atom stereocenters. The summed E-state index contributed by atoms with van der Waals surface area (Å²) >= 11 is 0. The Bertz CT molecular complexity index is 546. The van der Waals surface area contributed by atoms with Crippen molar-refractivity contribution in [2.75, 3.05) is 0 Å². The van der Waals surface area contributed by atoms with Crippen molar-refractivity contribution >= 4 is 0 Å². The largest absolute Gasteiger partial charge is 0.484 e. The van der Waals surface area contributed by atoms with E-state index in [0.29, 0.717) is 12.2 Å². The minimum absolute atomic E-state index is 0.0637. The number of nitrogens with zero attached hydrogens (tertiary/aromatic N) is 1. The van der Waals surface area contributed by atoms with E-state index in [4.69, 9.17) is 10.5 Å². The van der Waals surface area contributed by atoms with E-state index in [1.54, 1.807) is 18.2 Å². The Hall–Kier alpha value is -2.01. The highest BCUT2D eigenvalue weighted by atomic mass is 19.2. The lowest BCUT2D eigenvalue weighted by Crippen LogP contribution is -2.05. The van der Waals surface area contributed by atoms with Crippen LogP contribution in [-0.4, -0.2) is 4.98 Å². The van der Waals surface area contributed by atoms with Gasteiger partial charge in [0, 0.05) is 6.54 Å². The van der Waals surface area contributed by atoms with Gasteiger partial charge in [-0.05, 0) is 24.3 Å². The first-order valence-corrected chi connectivity index (χ1v) is 5.42. The van der Waals surface area contributed by atoms with E-state index >= 15 is 0 Å². The van der Waals surface area contributed by atoms with Crippen LogP contribution in [-0.2, 0) is 13.2 Å². The van der Waals surface area contributed by atoms with E-state index in [1.165, 1.54) is 12.1 Å². The Labute approximate surface area is 103 Å². The maximum atomic E-state index is 13.3. The zero-order valence-electron chi connectivity index (χ0n) is 9.57. The number of benzene rings is 1. The number of aromatic nitrogens is 1. The fourth-order valence-corrected chi connectivity index (χ4v) is 1.47. The van der Waals surface area contributed by atoms with Crippen LogP contribution in [0.25, 0.3) is 0 Å². The number of pyridine rings is 1. The van der Waals surface area contributed by atoms with Gasteiger partial charge in [-0.3, -0.25) is 4.98 Å². The molecule has 0 aliphatic carbocycles. The second-order valence-electron chi connectivity index (χ2n) is 3.67. The van der Waals surface area contributed by atoms with Crippen LogP contribution in [0.15, 0.2) is 36.4 Å². The van der Waals surface area contributed by atoms with E-state index in [1.807, 2.05) is 0 Å². The molecule has 0 amide bonds. The van der Waals surface area contributed by atoms with Crippen LogP contribution in [0.1, 0.15) is 11.4 Å². The van der Waals surface area contributed by atoms with Gasteiger partial charge >= 0.3 is 0 Å². The number of halogens is 2. The summed E-state index contributed by atoms with van der Waals surface area (Å²) in [5.74, 6) is -2.06. The normalized spacial score (nSPS) is 10.4. The lowest BCUT2D eigenvalue weighted by atomic mass is 10.3. The number of ether oxygens (including phenoxy) is 1. The molecule has 2 rings (SSSR count). The predicted octanol–water partition coefficient (Wildman–Crippen LogP) is 2.40. The molecule has 0 bridgehead atoms. The summed E-state index contributed by atoms with van der Waals surface area (Å²) < 4.78 is 31.4. The molecule has 18 heavy (non-hydrogen) atoms. The highest BCUT2D eigenvalue weighted by Gasteiger charge is 2.08. The molecule has 2 aromatic rings. The van der Waals surface area contributed by atoms with E-state index in [9.17, 15) is 8.78 Å². The first-order valence-electron chi connectivity index (χ1n) is 5.42. The van der Waals surface area contributed by atoms with Crippen molar-refractivity contribution in [1.29, 1.82) is 0 Å². The van der Waals surface area contributed by atoms with Gasteiger partial charge in [-0.15, -0.1) is 0 Å². The van der Waals surface area contributed by atoms with Crippen molar-refractivity contribution in [3.63, 3.8) is 0 Å². The Balaban J connectivity index is 2.09. The Kier molecular flexibility index (Phi) is 3.84. The average Bonchev–Trinajstić information content (AvgIpc) is 2.41. The molecule has 0 radical (unpaired) electrons. The minimum Gasteiger partial charge on any atom is -0.484 e. The molecule has 1 aromatic heterocycles. The third-order valence-electron chi connectivity index (χ3n) is 2.37. The van der Waals surface area contributed by atoms with Crippen LogP contribution in [0.4, 0.5) is 8.78 Å². The molecule has 94 valence electrons. The lowest BCUT2D eigenvalue weighted by Gasteiger charge is -2.07. The third-order valence-corrected chi connectivity index (χ3v) is 2.37. The second kappa shape index (κ2) is 5.55. The van der Waals surface area contributed by atoms with Crippen LogP contribution >= 0.6 is 0 Å². The van der Waals surface area contributed by atoms with Gasteiger partial charge < -0.3 is 10.5 Å². The Morgan fingerprint density at radius 1 is 1.06 bits per heavy atom. The molecule has 0 saturated heterocycles. The smallest absolute Gasteiger partial charge is 0.200 e. The van der Waals surface area contributed by atoms with Crippen molar-refractivity contribution in [2.24, 2.45) is 5.73 Å². The molecule has 0 unspecified atom stereocenters. The first-order chi connectivity index (χ1) is 8.70. The lowest BCUT2D eigenvalue weighted by molar-refractivity contribution is 0.280. The Morgan fingerprint density at radius 3 is 2.56 bits per heavy atom. The summed E-state index contributed by atoms with van der Waals surface area (Å²) in [6, 6.07) is 9.09. The monoisotopic (exact) mass is 250 g/mol. The number of nitrogens with two attached hydrogens (primary N) is 1. The van der Waals surface area contributed by atoms with Gasteiger partial charge in [0.1, 0.15) is 6.61 Å². The average molecular weight is 250 g/mol. The quantitative estimate of drug-likeness (QED) is 0.906. The van der Waals surface area contributed by atoms with Gasteiger partial charge in [0.05, 0.1) is 11.4 Å². The SMILES string of the molecule is NCc1cccc(COc2cccc(F)c2F)n1. The number of rotatable bonds is 4. The summed E-state index contributed by atoms with van der Waals surface area (Å²) in [6.07, 6.45) is 0. The maximum Gasteiger partial charge on any atom is 0.200 e. The van der Waals surface area contributed by atoms with Crippen LogP contribution < -0.4 is 10.5 Å². The van der Waals surface area contributed by atoms with Gasteiger partial charge in [-0.2, -0.15) is 4.39 Å². The molecule has 1 heterocycles. The second-order valence-corrected chi connectivity index (χ2v) is 3.67. The maximum absolute atomic E-state index is 13.3. The first kappa shape index (κ1) is 12.4. The summed E-state index contributed by atoms with van der Waals surface area (Å²) in [5.41, 5.74) is 6.79. The van der Waals surface area contributed by atoms with Crippen molar-refractivity contribution < 1.29 is 13.5 Å². The fraction of sp³-hybridized carbons (Fsp3) is 0.154. The zero-order valence-corrected chi connectivity index (χ0v) is 9.57. The number of hydrogen-bond donors (Lipinski definition) is 1. The van der Waals surface area contributed by atoms with Gasteiger partial charge in [0.2, 0.25) is 5.82 Å². The summed E-state index contributed by atoms with van der Waals surface area (Å²) in [4.78, 5) is 4.19. The van der Waals surface area contributed by atoms with Crippen LogP contribution in [0.3, 0.4) is 0 Å². The molecule has 0 aliphatic heterocycles. The third kappa shape index (κ3) is 2.81. The van der Waals surface area contributed by atoms with Gasteiger partial charge in [0.15, 0.2) is 11.6 Å². The van der Waals surface area contributed by atoms with E-state index in [0.717, 1.165) is 11.8 Å². The van der Waals surface area contributed by atoms with Crippen LogP contribution in [0.5, 0.6) is 5.75 Å². The number of hydrogen-bond acceptors (Lipinski definition) is 3. The van der Waals surface area contributed by atoms with E-state index < -0.39 is 11.6 Å². The minimum atomic E-state index is -0.993. The molecular formula is C13H12F2N2O. The van der Waals surface area contributed by atoms with E-state index in [2.05, 4.69) is 4.98 Å². The van der Waals surface area contributed by atoms with Crippen LogP contribution in [0.2, 0.25) is 0 Å². The van der Waals surface area contributed by atoms with Gasteiger partial charge in [-0.1, -0.05) is 12.1 Å². The standard InChI is InChI=1S/C13H12F2N2O/c14-11-5-2-6-12(13(11)15)18-8-10-4-1-3-9(7-16)17-10/h1-6H,7-8,16H2. The highest BCUT2D eigenvalue weighted by molar-refractivity contribution is 5.25. The predicted molar refractivity (Wildman–Crippen MR) is 62.8 cm³/mol. The topological polar surface area (TPSA) is 48.1 Å². The van der Waals surface area contributed by atoms with Crippen molar-refractivity contribution in [1.82, 2.24) is 4.98 Å².